The predicted molar refractivity (Wildman–Crippen MR) is 66.1 cm³/mol. The van der Waals surface area contributed by atoms with Crippen LogP contribution < -0.4 is 0 Å². The summed E-state index contributed by atoms with van der Waals surface area (Å²) in [5, 5.41) is 0.616. The van der Waals surface area contributed by atoms with Crippen molar-refractivity contribution < 1.29 is 14.3 Å². The van der Waals surface area contributed by atoms with Gasteiger partial charge in [0.05, 0.1) is 7.11 Å². The molecule has 0 heterocycles. The number of halogens is 1. The number of benzene rings is 1. The first-order valence-electron chi connectivity index (χ1n) is 5.24. The van der Waals surface area contributed by atoms with Crippen LogP contribution in [0.3, 0.4) is 0 Å². The van der Waals surface area contributed by atoms with Crippen molar-refractivity contribution in [3.63, 3.8) is 0 Å². The van der Waals surface area contributed by atoms with Crippen molar-refractivity contribution in [2.75, 3.05) is 7.11 Å². The van der Waals surface area contributed by atoms with E-state index < -0.39 is 11.4 Å². The quantitative estimate of drug-likeness (QED) is 0.613. The highest BCUT2D eigenvalue weighted by Crippen LogP contribution is 2.26. The molecule has 0 radical (unpaired) electrons. The number of ketones is 1. The molecule has 4 heteroatoms. The Morgan fingerprint density at radius 1 is 1.24 bits per heavy atom. The van der Waals surface area contributed by atoms with Crippen LogP contribution in [0.15, 0.2) is 24.3 Å². The Kier molecular flexibility index (Phi) is 4.29. The van der Waals surface area contributed by atoms with Crippen LogP contribution >= 0.6 is 11.6 Å². The van der Waals surface area contributed by atoms with E-state index in [4.69, 9.17) is 11.6 Å². The van der Waals surface area contributed by atoms with Crippen LogP contribution in [-0.2, 0) is 19.7 Å². The first kappa shape index (κ1) is 13.7. The molecule has 0 amide bonds. The van der Waals surface area contributed by atoms with Gasteiger partial charge in [-0.1, -0.05) is 23.7 Å². The van der Waals surface area contributed by atoms with Crippen LogP contribution in [0.4, 0.5) is 0 Å². The Bertz CT molecular complexity index is 421. The summed E-state index contributed by atoms with van der Waals surface area (Å²) >= 11 is 5.79. The predicted octanol–water partition coefficient (Wildman–Crippen LogP) is 2.75. The molecule has 0 saturated heterocycles. The summed E-state index contributed by atoms with van der Waals surface area (Å²) < 4.78 is 4.49. The van der Waals surface area contributed by atoms with Crippen LogP contribution in [-0.4, -0.2) is 18.9 Å². The van der Waals surface area contributed by atoms with Crippen molar-refractivity contribution in [1.82, 2.24) is 0 Å². The second-order valence-electron chi connectivity index (χ2n) is 4.31. The molecule has 0 aromatic heterocycles. The van der Waals surface area contributed by atoms with E-state index >= 15 is 0 Å². The molecule has 0 atom stereocenters. The largest absolute Gasteiger partial charge is 0.469 e. The Morgan fingerprint density at radius 3 is 2.24 bits per heavy atom. The number of Topliss-reactive ketones (excluding diaryl/α,β-unsaturated/α-hetero) is 1. The van der Waals surface area contributed by atoms with Crippen molar-refractivity contribution in [1.29, 1.82) is 0 Å². The molecule has 0 aliphatic rings. The van der Waals surface area contributed by atoms with Gasteiger partial charge in [0, 0.05) is 10.4 Å². The van der Waals surface area contributed by atoms with Crippen LogP contribution in [0, 0.1) is 0 Å². The Balaban J connectivity index is 2.90. The molecule has 1 rings (SSSR count). The fourth-order valence-corrected chi connectivity index (χ4v) is 1.58. The molecule has 0 bridgehead atoms. The third kappa shape index (κ3) is 3.30. The van der Waals surface area contributed by atoms with Gasteiger partial charge in [-0.3, -0.25) is 9.59 Å². The summed E-state index contributed by atoms with van der Waals surface area (Å²) in [6, 6.07) is 7.03. The molecule has 17 heavy (non-hydrogen) atoms. The SMILES string of the molecule is COC(=O)CC(=O)C(C)(C)c1ccc(Cl)cc1. The van der Waals surface area contributed by atoms with E-state index in [0.717, 1.165) is 5.56 Å². The van der Waals surface area contributed by atoms with Crippen LogP contribution in [0.2, 0.25) is 5.02 Å². The molecule has 0 N–H and O–H groups in total. The number of hydrogen-bond acceptors (Lipinski definition) is 3. The number of ether oxygens (including phenoxy) is 1. The van der Waals surface area contributed by atoms with E-state index in [2.05, 4.69) is 4.74 Å². The molecular formula is C13H15ClO3. The average molecular weight is 255 g/mol. The van der Waals surface area contributed by atoms with Crippen molar-refractivity contribution in [2.45, 2.75) is 25.7 Å². The number of carbonyl (C=O) groups is 2. The zero-order valence-electron chi connectivity index (χ0n) is 10.1. The molecule has 0 aliphatic heterocycles. The minimum Gasteiger partial charge on any atom is -0.469 e. The number of rotatable bonds is 4. The van der Waals surface area contributed by atoms with Crippen molar-refractivity contribution in [3.8, 4) is 0 Å². The molecular weight excluding hydrogens is 240 g/mol. The lowest BCUT2D eigenvalue weighted by Gasteiger charge is -2.23. The standard InChI is InChI=1S/C13H15ClO3/c1-13(2,11(15)8-12(16)17-3)9-4-6-10(14)7-5-9/h4-7H,8H2,1-3H3. The van der Waals surface area contributed by atoms with Gasteiger partial charge in [0.2, 0.25) is 0 Å². The second kappa shape index (κ2) is 5.32. The lowest BCUT2D eigenvalue weighted by atomic mass is 9.79. The van der Waals surface area contributed by atoms with Crippen LogP contribution in [0.25, 0.3) is 0 Å². The Morgan fingerprint density at radius 2 is 1.76 bits per heavy atom. The van der Waals surface area contributed by atoms with E-state index in [0.29, 0.717) is 5.02 Å². The lowest BCUT2D eigenvalue weighted by molar-refractivity contribution is -0.144. The molecule has 0 fully saturated rings. The maximum Gasteiger partial charge on any atom is 0.313 e. The molecule has 3 nitrogen and oxygen atoms in total. The Labute approximate surface area is 106 Å². The maximum absolute atomic E-state index is 12.0. The maximum atomic E-state index is 12.0. The van der Waals surface area contributed by atoms with E-state index in [9.17, 15) is 9.59 Å². The summed E-state index contributed by atoms with van der Waals surface area (Å²) in [5.41, 5.74) is 0.106. The van der Waals surface area contributed by atoms with Gasteiger partial charge < -0.3 is 4.74 Å². The van der Waals surface area contributed by atoms with Gasteiger partial charge in [-0.05, 0) is 31.5 Å². The second-order valence-corrected chi connectivity index (χ2v) is 4.74. The summed E-state index contributed by atoms with van der Waals surface area (Å²) in [6.45, 7) is 3.56. The third-order valence-corrected chi connectivity index (χ3v) is 3.05. The van der Waals surface area contributed by atoms with Crippen molar-refractivity contribution in [3.05, 3.63) is 34.9 Å². The minimum atomic E-state index is -0.723. The van der Waals surface area contributed by atoms with Gasteiger partial charge in [-0.25, -0.2) is 0 Å². The van der Waals surface area contributed by atoms with Crippen molar-refractivity contribution >= 4 is 23.4 Å². The number of esters is 1. The fraction of sp³-hybridized carbons (Fsp3) is 0.385. The van der Waals surface area contributed by atoms with E-state index in [1.54, 1.807) is 38.1 Å². The van der Waals surface area contributed by atoms with E-state index in [-0.39, 0.29) is 12.2 Å². The fourth-order valence-electron chi connectivity index (χ4n) is 1.45. The molecule has 0 saturated carbocycles. The van der Waals surface area contributed by atoms with Crippen molar-refractivity contribution in [2.24, 2.45) is 0 Å². The highest BCUT2D eigenvalue weighted by atomic mass is 35.5. The number of hydrogen-bond donors (Lipinski definition) is 0. The van der Waals surface area contributed by atoms with E-state index in [1.165, 1.54) is 7.11 Å². The molecule has 0 aliphatic carbocycles. The van der Waals surface area contributed by atoms with Gasteiger partial charge >= 0.3 is 5.97 Å². The summed E-state index contributed by atoms with van der Waals surface area (Å²) in [6.07, 6.45) is -0.216. The van der Waals surface area contributed by atoms with Gasteiger partial charge in [0.15, 0.2) is 5.78 Å². The third-order valence-electron chi connectivity index (χ3n) is 2.80. The summed E-state index contributed by atoms with van der Waals surface area (Å²) in [7, 11) is 1.27. The molecule has 0 unspecified atom stereocenters. The van der Waals surface area contributed by atoms with Crippen LogP contribution in [0.5, 0.6) is 0 Å². The molecule has 1 aromatic rings. The minimum absolute atomic E-state index is 0.174. The first-order valence-corrected chi connectivity index (χ1v) is 5.62. The summed E-state index contributed by atoms with van der Waals surface area (Å²) in [5.74, 6) is -0.691. The van der Waals surface area contributed by atoms with Gasteiger partial charge in [-0.15, -0.1) is 0 Å². The molecule has 0 spiro atoms. The molecule has 92 valence electrons. The normalized spacial score (nSPS) is 11.1. The topological polar surface area (TPSA) is 43.4 Å². The smallest absolute Gasteiger partial charge is 0.313 e. The van der Waals surface area contributed by atoms with Gasteiger partial charge in [0.25, 0.3) is 0 Å². The van der Waals surface area contributed by atoms with Gasteiger partial charge in [0.1, 0.15) is 6.42 Å². The highest BCUT2D eigenvalue weighted by molar-refractivity contribution is 6.30. The van der Waals surface area contributed by atoms with Gasteiger partial charge in [-0.2, -0.15) is 0 Å². The highest BCUT2D eigenvalue weighted by Gasteiger charge is 2.31. The van der Waals surface area contributed by atoms with Crippen LogP contribution in [0.1, 0.15) is 25.8 Å². The zero-order chi connectivity index (χ0) is 13.1. The lowest BCUT2D eigenvalue weighted by Crippen LogP contribution is -2.31. The first-order chi connectivity index (χ1) is 7.87. The number of carbonyl (C=O) groups excluding carboxylic acids is 2. The zero-order valence-corrected chi connectivity index (χ0v) is 10.9. The summed E-state index contributed by atoms with van der Waals surface area (Å²) in [4.78, 5) is 23.1. The number of methoxy groups -OCH3 is 1. The average Bonchev–Trinajstić information content (AvgIpc) is 2.29. The Hall–Kier alpha value is -1.35. The monoisotopic (exact) mass is 254 g/mol. The van der Waals surface area contributed by atoms with E-state index in [1.807, 2.05) is 0 Å². The molecule has 1 aromatic carbocycles.